The summed E-state index contributed by atoms with van der Waals surface area (Å²) in [4.78, 5) is 13.4. The van der Waals surface area contributed by atoms with Crippen molar-refractivity contribution in [2.45, 2.75) is 45.8 Å². The Morgan fingerprint density at radius 2 is 2.07 bits per heavy atom. The van der Waals surface area contributed by atoms with Crippen LogP contribution in [0.15, 0.2) is 12.2 Å². The molecule has 1 aliphatic rings. The summed E-state index contributed by atoms with van der Waals surface area (Å²) in [7, 11) is 0. The monoisotopic (exact) mass is 197 g/mol. The lowest BCUT2D eigenvalue weighted by atomic mass is 10.1. The van der Waals surface area contributed by atoms with Gasteiger partial charge in [-0.1, -0.05) is 12.2 Å². The Hall–Kier alpha value is -0.990. The topological polar surface area (TPSA) is 29.5 Å². The average molecular weight is 197 g/mol. The fourth-order valence-electron chi connectivity index (χ4n) is 1.36. The Morgan fingerprint density at radius 1 is 1.43 bits per heavy atom. The van der Waals surface area contributed by atoms with Crippen LogP contribution < -0.4 is 0 Å². The summed E-state index contributed by atoms with van der Waals surface area (Å²) in [6.07, 6.45) is 4.81. The molecule has 3 heteroatoms. The van der Waals surface area contributed by atoms with Crippen LogP contribution in [-0.2, 0) is 4.74 Å². The smallest absolute Gasteiger partial charge is 0.410 e. The second-order valence-corrected chi connectivity index (χ2v) is 4.69. The molecule has 0 spiro atoms. The van der Waals surface area contributed by atoms with Crippen LogP contribution in [0.1, 0.15) is 34.1 Å². The summed E-state index contributed by atoms with van der Waals surface area (Å²) in [5.41, 5.74) is -0.405. The van der Waals surface area contributed by atoms with Gasteiger partial charge in [-0.05, 0) is 34.1 Å². The molecular weight excluding hydrogens is 178 g/mol. The molecule has 0 saturated carbocycles. The van der Waals surface area contributed by atoms with Gasteiger partial charge >= 0.3 is 6.09 Å². The van der Waals surface area contributed by atoms with Gasteiger partial charge < -0.3 is 9.64 Å². The first-order valence-electron chi connectivity index (χ1n) is 5.05. The first kappa shape index (κ1) is 11.1. The van der Waals surface area contributed by atoms with Crippen LogP contribution in [-0.4, -0.2) is 29.2 Å². The molecule has 1 atom stereocenters. The summed E-state index contributed by atoms with van der Waals surface area (Å²) in [6.45, 7) is 8.35. The minimum Gasteiger partial charge on any atom is -0.444 e. The number of carbonyl (C=O) groups excluding carboxylic acids is 1. The molecule has 1 rings (SSSR count). The number of hydrogen-bond donors (Lipinski definition) is 0. The molecule has 0 aromatic heterocycles. The van der Waals surface area contributed by atoms with E-state index in [-0.39, 0.29) is 12.1 Å². The van der Waals surface area contributed by atoms with E-state index < -0.39 is 5.60 Å². The van der Waals surface area contributed by atoms with Crippen molar-refractivity contribution in [3.05, 3.63) is 12.2 Å². The maximum absolute atomic E-state index is 11.7. The molecule has 0 saturated heterocycles. The quantitative estimate of drug-likeness (QED) is 0.558. The van der Waals surface area contributed by atoms with E-state index >= 15 is 0 Å². The van der Waals surface area contributed by atoms with E-state index in [1.807, 2.05) is 33.8 Å². The highest BCUT2D eigenvalue weighted by molar-refractivity contribution is 5.69. The Labute approximate surface area is 85.7 Å². The second kappa shape index (κ2) is 4.03. The maximum Gasteiger partial charge on any atom is 0.410 e. The Bertz CT molecular complexity index is 240. The Morgan fingerprint density at radius 3 is 2.57 bits per heavy atom. The summed E-state index contributed by atoms with van der Waals surface area (Å²) >= 11 is 0. The molecular formula is C11H19NO2. The van der Waals surface area contributed by atoms with Crippen LogP contribution in [0.3, 0.4) is 0 Å². The number of hydrogen-bond acceptors (Lipinski definition) is 2. The predicted octanol–water partition coefficient (Wildman–Crippen LogP) is 2.57. The minimum absolute atomic E-state index is 0.214. The Balaban J connectivity index is 2.56. The molecule has 0 unspecified atom stereocenters. The first-order valence-corrected chi connectivity index (χ1v) is 5.05. The molecule has 0 N–H and O–H groups in total. The highest BCUT2D eigenvalue weighted by Gasteiger charge is 2.25. The fraction of sp³-hybridized carbons (Fsp3) is 0.727. The van der Waals surface area contributed by atoms with Crippen molar-refractivity contribution in [3.63, 3.8) is 0 Å². The van der Waals surface area contributed by atoms with Crippen molar-refractivity contribution in [3.8, 4) is 0 Å². The van der Waals surface area contributed by atoms with Crippen molar-refractivity contribution < 1.29 is 9.53 Å². The van der Waals surface area contributed by atoms with Crippen LogP contribution >= 0.6 is 0 Å². The summed E-state index contributed by atoms with van der Waals surface area (Å²) < 4.78 is 5.30. The molecule has 80 valence electrons. The molecule has 3 nitrogen and oxygen atoms in total. The van der Waals surface area contributed by atoms with E-state index in [2.05, 4.69) is 6.08 Å². The van der Waals surface area contributed by atoms with Crippen LogP contribution in [0.4, 0.5) is 4.79 Å². The van der Waals surface area contributed by atoms with Crippen LogP contribution in [0, 0.1) is 0 Å². The van der Waals surface area contributed by atoms with Gasteiger partial charge in [0.15, 0.2) is 0 Å². The largest absolute Gasteiger partial charge is 0.444 e. The van der Waals surface area contributed by atoms with E-state index in [0.717, 1.165) is 6.42 Å². The normalized spacial score (nSPS) is 22.3. The van der Waals surface area contributed by atoms with E-state index in [1.165, 1.54) is 0 Å². The van der Waals surface area contributed by atoms with Crippen molar-refractivity contribution in [1.29, 1.82) is 0 Å². The third kappa shape index (κ3) is 3.05. The zero-order valence-electron chi connectivity index (χ0n) is 9.41. The van der Waals surface area contributed by atoms with Crippen LogP contribution in [0.2, 0.25) is 0 Å². The van der Waals surface area contributed by atoms with Gasteiger partial charge in [0, 0.05) is 12.6 Å². The van der Waals surface area contributed by atoms with Crippen molar-refractivity contribution in [2.75, 3.05) is 6.54 Å². The van der Waals surface area contributed by atoms with E-state index in [0.29, 0.717) is 6.54 Å². The lowest BCUT2D eigenvalue weighted by molar-refractivity contribution is 0.0195. The number of rotatable bonds is 0. The van der Waals surface area contributed by atoms with Gasteiger partial charge in [-0.25, -0.2) is 4.79 Å². The van der Waals surface area contributed by atoms with Crippen molar-refractivity contribution in [2.24, 2.45) is 0 Å². The average Bonchev–Trinajstić information content (AvgIpc) is 2.01. The lowest BCUT2D eigenvalue weighted by Crippen LogP contribution is -2.43. The molecule has 0 radical (unpaired) electrons. The molecule has 0 aromatic rings. The molecule has 14 heavy (non-hydrogen) atoms. The first-order chi connectivity index (χ1) is 6.40. The van der Waals surface area contributed by atoms with E-state index in [4.69, 9.17) is 4.74 Å². The van der Waals surface area contributed by atoms with Gasteiger partial charge in [0.05, 0.1) is 0 Å². The van der Waals surface area contributed by atoms with Crippen molar-refractivity contribution >= 4 is 6.09 Å². The molecule has 0 fully saturated rings. The highest BCUT2D eigenvalue weighted by Crippen LogP contribution is 2.15. The third-order valence-corrected chi connectivity index (χ3v) is 2.11. The minimum atomic E-state index is -0.405. The lowest BCUT2D eigenvalue weighted by Gasteiger charge is -2.32. The molecule has 1 amide bonds. The van der Waals surface area contributed by atoms with Gasteiger partial charge in [-0.2, -0.15) is 0 Å². The summed E-state index contributed by atoms with van der Waals surface area (Å²) in [5, 5.41) is 0. The molecule has 0 bridgehead atoms. The van der Waals surface area contributed by atoms with Gasteiger partial charge in [0.25, 0.3) is 0 Å². The fourth-order valence-corrected chi connectivity index (χ4v) is 1.36. The number of nitrogens with zero attached hydrogens (tertiary/aromatic N) is 1. The second-order valence-electron chi connectivity index (χ2n) is 4.69. The predicted molar refractivity (Wildman–Crippen MR) is 56.2 cm³/mol. The van der Waals surface area contributed by atoms with Gasteiger partial charge in [0.1, 0.15) is 5.60 Å². The number of carbonyl (C=O) groups is 1. The van der Waals surface area contributed by atoms with E-state index in [9.17, 15) is 4.79 Å². The SMILES string of the molecule is C[C@H]1CC=CCN1C(=O)OC(C)(C)C. The summed E-state index contributed by atoms with van der Waals surface area (Å²) in [5.74, 6) is 0. The number of ether oxygens (including phenoxy) is 1. The zero-order valence-corrected chi connectivity index (χ0v) is 9.41. The Kier molecular flexibility index (Phi) is 3.19. The van der Waals surface area contributed by atoms with E-state index in [1.54, 1.807) is 4.90 Å². The number of amides is 1. The summed E-state index contributed by atoms with van der Waals surface area (Å²) in [6, 6.07) is 0.245. The molecule has 0 aliphatic carbocycles. The third-order valence-electron chi connectivity index (χ3n) is 2.11. The van der Waals surface area contributed by atoms with Crippen LogP contribution in [0.5, 0.6) is 0 Å². The highest BCUT2D eigenvalue weighted by atomic mass is 16.6. The maximum atomic E-state index is 11.7. The molecule has 1 heterocycles. The standard InChI is InChI=1S/C11H19NO2/c1-9-7-5-6-8-12(9)10(13)14-11(2,3)4/h5-6,9H,7-8H2,1-4H3/t9-/m0/s1. The molecule has 1 aliphatic heterocycles. The zero-order chi connectivity index (χ0) is 10.8. The molecule has 0 aromatic carbocycles. The van der Waals surface area contributed by atoms with Crippen molar-refractivity contribution in [1.82, 2.24) is 4.90 Å². The van der Waals surface area contributed by atoms with Gasteiger partial charge in [-0.15, -0.1) is 0 Å². The van der Waals surface area contributed by atoms with Gasteiger partial charge in [-0.3, -0.25) is 0 Å². The van der Waals surface area contributed by atoms with Gasteiger partial charge in [0.2, 0.25) is 0 Å². The van der Waals surface area contributed by atoms with Crippen LogP contribution in [0.25, 0.3) is 0 Å².